The number of fused-ring (bicyclic) bond motifs is 1. The SMILES string of the molecule is CC(Oc1ccc2c(-c3ccccc3N(C)C)ccnc2c1)C(=O)N1CCC[C@H](CC(=O)O)C1. The number of carboxylic acid groups (broad SMARTS) is 1. The number of aromatic nitrogens is 1. The Bertz CT molecular complexity index is 1190. The number of hydrogen-bond donors (Lipinski definition) is 1. The maximum atomic E-state index is 13.0. The maximum absolute atomic E-state index is 13.0. The number of rotatable bonds is 7. The number of hydrogen-bond acceptors (Lipinski definition) is 5. The van der Waals surface area contributed by atoms with Crippen LogP contribution in [0.4, 0.5) is 5.69 Å². The third-order valence-electron chi connectivity index (χ3n) is 6.34. The van der Waals surface area contributed by atoms with Gasteiger partial charge in [-0.1, -0.05) is 18.2 Å². The van der Waals surface area contributed by atoms with Crippen molar-refractivity contribution >= 4 is 28.5 Å². The Balaban J connectivity index is 1.53. The van der Waals surface area contributed by atoms with Gasteiger partial charge in [0.2, 0.25) is 0 Å². The number of nitrogens with zero attached hydrogens (tertiary/aromatic N) is 3. The standard InChI is InChI=1S/C27H31N3O4/c1-18(27(33)30-14-6-7-19(17-30)15-26(31)32)34-20-10-11-22-21(12-13-28-24(22)16-20)23-8-4-5-9-25(23)29(2)3/h4-5,8-13,16,18-19H,6-7,14-15,17H2,1-3H3,(H,31,32)/t18?,19-/m1/s1. The molecule has 0 radical (unpaired) electrons. The number of pyridine rings is 1. The molecule has 1 fully saturated rings. The fourth-order valence-corrected chi connectivity index (χ4v) is 4.72. The van der Waals surface area contributed by atoms with Gasteiger partial charge in [0.1, 0.15) is 5.75 Å². The average molecular weight is 462 g/mol. The highest BCUT2D eigenvalue weighted by Crippen LogP contribution is 2.35. The Morgan fingerprint density at radius 2 is 1.97 bits per heavy atom. The van der Waals surface area contributed by atoms with E-state index in [4.69, 9.17) is 9.84 Å². The molecule has 0 bridgehead atoms. The van der Waals surface area contributed by atoms with Crippen molar-refractivity contribution in [2.24, 2.45) is 5.92 Å². The molecule has 7 heteroatoms. The van der Waals surface area contributed by atoms with Crippen molar-refractivity contribution in [3.63, 3.8) is 0 Å². The molecule has 0 saturated carbocycles. The van der Waals surface area contributed by atoms with E-state index >= 15 is 0 Å². The first-order valence-corrected chi connectivity index (χ1v) is 11.7. The molecule has 1 aromatic heterocycles. The highest BCUT2D eigenvalue weighted by Gasteiger charge is 2.29. The molecular formula is C27H31N3O4. The topological polar surface area (TPSA) is 83.0 Å². The summed E-state index contributed by atoms with van der Waals surface area (Å²) < 4.78 is 6.01. The van der Waals surface area contributed by atoms with Crippen LogP contribution >= 0.6 is 0 Å². The van der Waals surface area contributed by atoms with Crippen molar-refractivity contribution in [3.8, 4) is 16.9 Å². The number of likely N-dealkylation sites (tertiary alicyclic amines) is 1. The Labute approximate surface area is 200 Å². The first kappa shape index (κ1) is 23.5. The molecule has 7 nitrogen and oxygen atoms in total. The number of anilines is 1. The molecule has 3 aromatic rings. The predicted octanol–water partition coefficient (Wildman–Crippen LogP) is 4.45. The van der Waals surface area contributed by atoms with Gasteiger partial charge in [-0.15, -0.1) is 0 Å². The molecule has 1 saturated heterocycles. The van der Waals surface area contributed by atoms with Gasteiger partial charge >= 0.3 is 5.97 Å². The largest absolute Gasteiger partial charge is 0.481 e. The number of aliphatic carboxylic acids is 1. The summed E-state index contributed by atoms with van der Waals surface area (Å²) in [5.74, 6) is -0.356. The Morgan fingerprint density at radius 3 is 2.74 bits per heavy atom. The summed E-state index contributed by atoms with van der Waals surface area (Å²) in [5.41, 5.74) is 4.13. The molecule has 1 aliphatic heterocycles. The monoisotopic (exact) mass is 461 g/mol. The van der Waals surface area contributed by atoms with Crippen LogP contribution in [0.25, 0.3) is 22.0 Å². The average Bonchev–Trinajstić information content (AvgIpc) is 2.82. The van der Waals surface area contributed by atoms with E-state index in [0.29, 0.717) is 18.8 Å². The third-order valence-corrected chi connectivity index (χ3v) is 6.34. The van der Waals surface area contributed by atoms with Crippen molar-refractivity contribution in [2.75, 3.05) is 32.1 Å². The Hall–Kier alpha value is -3.61. The van der Waals surface area contributed by atoms with E-state index in [2.05, 4.69) is 22.0 Å². The van der Waals surface area contributed by atoms with Crippen LogP contribution in [0, 0.1) is 5.92 Å². The second-order valence-electron chi connectivity index (χ2n) is 9.10. The van der Waals surface area contributed by atoms with E-state index in [1.54, 1.807) is 18.0 Å². The van der Waals surface area contributed by atoms with E-state index in [1.165, 1.54) is 0 Å². The predicted molar refractivity (Wildman–Crippen MR) is 133 cm³/mol. The number of carboxylic acids is 1. The van der Waals surface area contributed by atoms with E-state index in [9.17, 15) is 9.59 Å². The summed E-state index contributed by atoms with van der Waals surface area (Å²) in [6.45, 7) is 2.84. The van der Waals surface area contributed by atoms with E-state index in [-0.39, 0.29) is 18.2 Å². The summed E-state index contributed by atoms with van der Waals surface area (Å²) in [6.07, 6.45) is 2.86. The first-order valence-electron chi connectivity index (χ1n) is 11.7. The van der Waals surface area contributed by atoms with Crippen LogP contribution < -0.4 is 9.64 Å². The number of carbonyl (C=O) groups is 2. The molecule has 2 atom stereocenters. The van der Waals surface area contributed by atoms with Crippen LogP contribution in [0.1, 0.15) is 26.2 Å². The maximum Gasteiger partial charge on any atom is 0.303 e. The minimum absolute atomic E-state index is 0.00395. The van der Waals surface area contributed by atoms with Crippen molar-refractivity contribution in [1.29, 1.82) is 0 Å². The lowest BCUT2D eigenvalue weighted by Crippen LogP contribution is -2.46. The normalized spacial score (nSPS) is 16.8. The quantitative estimate of drug-likeness (QED) is 0.560. The van der Waals surface area contributed by atoms with Crippen LogP contribution in [0.15, 0.2) is 54.7 Å². The highest BCUT2D eigenvalue weighted by atomic mass is 16.5. The molecule has 178 valence electrons. The lowest BCUT2D eigenvalue weighted by Gasteiger charge is -2.33. The minimum atomic E-state index is -0.820. The number of ether oxygens (including phenoxy) is 1. The summed E-state index contributed by atoms with van der Waals surface area (Å²) in [6, 6.07) is 16.0. The fraction of sp³-hybridized carbons (Fsp3) is 0.370. The smallest absolute Gasteiger partial charge is 0.303 e. The van der Waals surface area contributed by atoms with Crippen molar-refractivity contribution in [1.82, 2.24) is 9.88 Å². The van der Waals surface area contributed by atoms with E-state index < -0.39 is 12.1 Å². The lowest BCUT2D eigenvalue weighted by atomic mass is 9.94. The van der Waals surface area contributed by atoms with Gasteiger partial charge in [-0.2, -0.15) is 0 Å². The second-order valence-corrected chi connectivity index (χ2v) is 9.10. The molecule has 34 heavy (non-hydrogen) atoms. The van der Waals surface area contributed by atoms with Gasteiger partial charge in [0.25, 0.3) is 5.91 Å². The molecule has 2 heterocycles. The van der Waals surface area contributed by atoms with Gasteiger partial charge in [-0.05, 0) is 55.5 Å². The summed E-state index contributed by atoms with van der Waals surface area (Å²) in [4.78, 5) is 32.4. The van der Waals surface area contributed by atoms with Gasteiger partial charge in [-0.25, -0.2) is 0 Å². The number of benzene rings is 2. The van der Waals surface area contributed by atoms with Crippen LogP contribution in [-0.4, -0.2) is 60.2 Å². The minimum Gasteiger partial charge on any atom is -0.481 e. The highest BCUT2D eigenvalue weighted by molar-refractivity contribution is 5.98. The number of piperidine rings is 1. The van der Waals surface area contributed by atoms with Crippen LogP contribution in [0.5, 0.6) is 5.75 Å². The van der Waals surface area contributed by atoms with Crippen molar-refractivity contribution < 1.29 is 19.4 Å². The zero-order chi connectivity index (χ0) is 24.2. The van der Waals surface area contributed by atoms with Crippen molar-refractivity contribution in [2.45, 2.75) is 32.3 Å². The number of amides is 1. The first-order chi connectivity index (χ1) is 16.3. The van der Waals surface area contributed by atoms with E-state index in [0.717, 1.165) is 40.6 Å². The summed E-state index contributed by atoms with van der Waals surface area (Å²) in [7, 11) is 4.05. The zero-order valence-corrected chi connectivity index (χ0v) is 19.9. The van der Waals surface area contributed by atoms with E-state index in [1.807, 2.05) is 50.5 Å². The molecule has 1 amide bonds. The number of para-hydroxylation sites is 1. The summed E-state index contributed by atoms with van der Waals surface area (Å²) in [5, 5.41) is 10.1. The van der Waals surface area contributed by atoms with Crippen LogP contribution in [0.3, 0.4) is 0 Å². The fourth-order valence-electron chi connectivity index (χ4n) is 4.72. The van der Waals surface area contributed by atoms with Crippen molar-refractivity contribution in [3.05, 3.63) is 54.7 Å². The van der Waals surface area contributed by atoms with Gasteiger partial charge in [0.15, 0.2) is 6.10 Å². The molecule has 1 unspecified atom stereocenters. The second kappa shape index (κ2) is 10.1. The van der Waals surface area contributed by atoms with Crippen LogP contribution in [-0.2, 0) is 9.59 Å². The Morgan fingerprint density at radius 1 is 1.18 bits per heavy atom. The van der Waals surface area contributed by atoms with Gasteiger partial charge in [0, 0.05) is 62.5 Å². The third kappa shape index (κ3) is 5.14. The molecule has 0 aliphatic carbocycles. The van der Waals surface area contributed by atoms with Gasteiger partial charge in [0.05, 0.1) is 5.52 Å². The summed E-state index contributed by atoms with van der Waals surface area (Å²) >= 11 is 0. The Kier molecular flexibility index (Phi) is 7.01. The molecule has 4 rings (SSSR count). The zero-order valence-electron chi connectivity index (χ0n) is 19.9. The molecule has 0 spiro atoms. The molecular weight excluding hydrogens is 430 g/mol. The van der Waals surface area contributed by atoms with Gasteiger partial charge < -0.3 is 19.6 Å². The number of carbonyl (C=O) groups excluding carboxylic acids is 1. The molecule has 1 N–H and O–H groups in total. The molecule has 1 aliphatic rings. The lowest BCUT2D eigenvalue weighted by molar-refractivity contribution is -0.143. The van der Waals surface area contributed by atoms with Gasteiger partial charge in [-0.3, -0.25) is 14.6 Å². The van der Waals surface area contributed by atoms with Crippen LogP contribution in [0.2, 0.25) is 0 Å². The molecule has 2 aromatic carbocycles.